The van der Waals surface area contributed by atoms with Crippen LogP contribution in [0.15, 0.2) is 18.2 Å². The van der Waals surface area contributed by atoms with E-state index in [0.717, 1.165) is 25.2 Å². The normalized spacial score (nSPS) is 20.5. The van der Waals surface area contributed by atoms with Crippen molar-refractivity contribution in [1.29, 1.82) is 0 Å². The van der Waals surface area contributed by atoms with E-state index in [-0.39, 0.29) is 24.5 Å². The molecule has 0 aromatic heterocycles. The zero-order chi connectivity index (χ0) is 20.1. The number of rotatable bonds is 5. The molecule has 0 N–H and O–H groups in total. The summed E-state index contributed by atoms with van der Waals surface area (Å²) < 4.78 is 5.16. The van der Waals surface area contributed by atoms with Gasteiger partial charge in [0.2, 0.25) is 5.91 Å². The fourth-order valence-corrected chi connectivity index (χ4v) is 4.23. The fraction of sp³-hybridized carbons (Fsp3) is 0.600. The summed E-state index contributed by atoms with van der Waals surface area (Å²) in [5.74, 6) is 0.0473. The number of hydrogen-bond acceptors (Lipinski definition) is 4. The summed E-state index contributed by atoms with van der Waals surface area (Å²) in [6.45, 7) is 6.53. The van der Waals surface area contributed by atoms with Gasteiger partial charge in [-0.1, -0.05) is 29.3 Å². The van der Waals surface area contributed by atoms with Gasteiger partial charge < -0.3 is 19.4 Å². The number of carbonyl (C=O) groups is 2. The number of hydrogen-bond donors (Lipinski definition) is 0. The predicted molar refractivity (Wildman–Crippen MR) is 110 cm³/mol. The molecule has 0 radical (unpaired) electrons. The molecule has 28 heavy (non-hydrogen) atoms. The van der Waals surface area contributed by atoms with Gasteiger partial charge in [-0.3, -0.25) is 4.79 Å². The Hall–Kier alpha value is -1.50. The van der Waals surface area contributed by atoms with Gasteiger partial charge in [-0.05, 0) is 50.6 Å². The number of likely N-dealkylation sites (tertiary alicyclic amines) is 1. The monoisotopic (exact) mass is 427 g/mol. The molecule has 2 heterocycles. The highest BCUT2D eigenvalue weighted by Crippen LogP contribution is 2.24. The van der Waals surface area contributed by atoms with Crippen LogP contribution in [-0.2, 0) is 16.0 Å². The Morgan fingerprint density at radius 1 is 1.11 bits per heavy atom. The summed E-state index contributed by atoms with van der Waals surface area (Å²) in [5, 5.41) is 0.931. The van der Waals surface area contributed by atoms with Gasteiger partial charge in [0.25, 0.3) is 0 Å². The second-order valence-electron chi connectivity index (χ2n) is 7.32. The van der Waals surface area contributed by atoms with Crippen molar-refractivity contribution < 1.29 is 14.3 Å². The SMILES string of the molecule is CCOC(=O)N1CCN(C(=O)Cc2ccc(Cl)c(Cl)c2)[C@@H](CN2CCCC2)C1. The number of nitrogens with zero attached hydrogens (tertiary/aromatic N) is 3. The predicted octanol–water partition coefficient (Wildman–Crippen LogP) is 3.30. The van der Waals surface area contributed by atoms with Gasteiger partial charge in [0, 0.05) is 26.2 Å². The van der Waals surface area contributed by atoms with Gasteiger partial charge in [0.1, 0.15) is 0 Å². The van der Waals surface area contributed by atoms with Gasteiger partial charge in [0.15, 0.2) is 0 Å². The van der Waals surface area contributed by atoms with E-state index in [1.54, 1.807) is 24.0 Å². The van der Waals surface area contributed by atoms with E-state index in [2.05, 4.69) is 4.90 Å². The first-order chi connectivity index (χ1) is 13.5. The Morgan fingerprint density at radius 3 is 2.54 bits per heavy atom. The third-order valence-electron chi connectivity index (χ3n) is 5.34. The minimum Gasteiger partial charge on any atom is -0.450 e. The van der Waals surface area contributed by atoms with Crippen LogP contribution in [0.5, 0.6) is 0 Å². The number of ether oxygens (including phenoxy) is 1. The lowest BCUT2D eigenvalue weighted by Crippen LogP contribution is -2.60. The molecule has 154 valence electrons. The lowest BCUT2D eigenvalue weighted by molar-refractivity contribution is -0.135. The molecular weight excluding hydrogens is 401 g/mol. The van der Waals surface area contributed by atoms with Crippen molar-refractivity contribution in [3.8, 4) is 0 Å². The van der Waals surface area contributed by atoms with E-state index >= 15 is 0 Å². The molecular formula is C20H27Cl2N3O3. The highest BCUT2D eigenvalue weighted by atomic mass is 35.5. The first kappa shape index (κ1) is 21.2. The Morgan fingerprint density at radius 2 is 1.86 bits per heavy atom. The summed E-state index contributed by atoms with van der Waals surface area (Å²) in [7, 11) is 0. The van der Waals surface area contributed by atoms with Crippen LogP contribution in [0.2, 0.25) is 10.0 Å². The molecule has 3 rings (SSSR count). The van der Waals surface area contributed by atoms with Crippen LogP contribution in [0.3, 0.4) is 0 Å². The van der Waals surface area contributed by atoms with Crippen molar-refractivity contribution in [2.24, 2.45) is 0 Å². The van der Waals surface area contributed by atoms with Gasteiger partial charge in [-0.15, -0.1) is 0 Å². The molecule has 0 spiro atoms. The van der Waals surface area contributed by atoms with Crippen molar-refractivity contribution in [3.05, 3.63) is 33.8 Å². The molecule has 2 aliphatic rings. The lowest BCUT2D eigenvalue weighted by atomic mass is 10.1. The zero-order valence-electron chi connectivity index (χ0n) is 16.2. The molecule has 6 nitrogen and oxygen atoms in total. The molecule has 1 atom stereocenters. The molecule has 0 saturated carbocycles. The Bertz CT molecular complexity index is 710. The van der Waals surface area contributed by atoms with Crippen molar-refractivity contribution in [3.63, 3.8) is 0 Å². The number of piperazine rings is 1. The van der Waals surface area contributed by atoms with E-state index in [9.17, 15) is 9.59 Å². The first-order valence-corrected chi connectivity index (χ1v) is 10.6. The third kappa shape index (κ3) is 5.31. The van der Waals surface area contributed by atoms with Crippen LogP contribution in [0.25, 0.3) is 0 Å². The summed E-state index contributed by atoms with van der Waals surface area (Å²) in [6.07, 6.45) is 2.34. The number of benzene rings is 1. The molecule has 0 aliphatic carbocycles. The van der Waals surface area contributed by atoms with E-state index < -0.39 is 0 Å². The molecule has 2 aliphatic heterocycles. The van der Waals surface area contributed by atoms with Gasteiger partial charge >= 0.3 is 6.09 Å². The average Bonchev–Trinajstić information content (AvgIpc) is 3.18. The molecule has 8 heteroatoms. The Kier molecular flexibility index (Phi) is 7.43. The summed E-state index contributed by atoms with van der Waals surface area (Å²) in [6, 6.07) is 5.25. The molecule has 0 unspecified atom stereocenters. The zero-order valence-corrected chi connectivity index (χ0v) is 17.7. The van der Waals surface area contributed by atoms with Crippen LogP contribution in [0, 0.1) is 0 Å². The van der Waals surface area contributed by atoms with Crippen LogP contribution in [0.4, 0.5) is 4.79 Å². The second kappa shape index (κ2) is 9.81. The highest BCUT2D eigenvalue weighted by molar-refractivity contribution is 6.42. The maximum Gasteiger partial charge on any atom is 0.409 e. The molecule has 1 aromatic rings. The first-order valence-electron chi connectivity index (χ1n) is 9.85. The van der Waals surface area contributed by atoms with E-state index in [1.165, 1.54) is 12.8 Å². The third-order valence-corrected chi connectivity index (χ3v) is 6.08. The molecule has 1 aromatic carbocycles. The minimum atomic E-state index is -0.300. The fourth-order valence-electron chi connectivity index (χ4n) is 3.91. The van der Waals surface area contributed by atoms with E-state index in [0.29, 0.717) is 36.3 Å². The Labute approximate surface area is 176 Å². The standard InChI is InChI=1S/C20H27Cl2N3O3/c1-2-28-20(27)24-9-10-25(16(14-24)13-23-7-3-4-8-23)19(26)12-15-5-6-17(21)18(22)11-15/h5-6,11,16H,2-4,7-10,12-14H2,1H3/t16-/m0/s1. The minimum absolute atomic E-state index is 0.0356. The Balaban J connectivity index is 1.69. The van der Waals surface area contributed by atoms with Crippen molar-refractivity contribution in [2.75, 3.05) is 45.9 Å². The van der Waals surface area contributed by atoms with Gasteiger partial charge in [-0.2, -0.15) is 0 Å². The summed E-state index contributed by atoms with van der Waals surface area (Å²) in [5.41, 5.74) is 0.840. The number of halogens is 2. The maximum absolute atomic E-state index is 13.0. The quantitative estimate of drug-likeness (QED) is 0.722. The van der Waals surface area contributed by atoms with Crippen molar-refractivity contribution in [1.82, 2.24) is 14.7 Å². The van der Waals surface area contributed by atoms with Gasteiger partial charge in [0.05, 0.1) is 29.1 Å². The molecule has 2 amide bonds. The topological polar surface area (TPSA) is 53.1 Å². The van der Waals surface area contributed by atoms with E-state index in [1.807, 2.05) is 11.0 Å². The lowest BCUT2D eigenvalue weighted by Gasteiger charge is -2.42. The van der Waals surface area contributed by atoms with Crippen molar-refractivity contribution >= 4 is 35.2 Å². The average molecular weight is 428 g/mol. The maximum atomic E-state index is 13.0. The molecule has 2 fully saturated rings. The second-order valence-corrected chi connectivity index (χ2v) is 8.13. The number of carbonyl (C=O) groups excluding carboxylic acids is 2. The summed E-state index contributed by atoms with van der Waals surface area (Å²) in [4.78, 5) is 31.2. The number of amides is 2. The van der Waals surface area contributed by atoms with Crippen molar-refractivity contribution in [2.45, 2.75) is 32.2 Å². The van der Waals surface area contributed by atoms with Crippen LogP contribution in [-0.4, -0.2) is 78.6 Å². The van der Waals surface area contributed by atoms with E-state index in [4.69, 9.17) is 27.9 Å². The summed E-state index contributed by atoms with van der Waals surface area (Å²) >= 11 is 12.1. The molecule has 0 bridgehead atoms. The highest BCUT2D eigenvalue weighted by Gasteiger charge is 2.34. The van der Waals surface area contributed by atoms with Crippen LogP contribution >= 0.6 is 23.2 Å². The van der Waals surface area contributed by atoms with Crippen LogP contribution in [0.1, 0.15) is 25.3 Å². The van der Waals surface area contributed by atoms with Gasteiger partial charge in [-0.25, -0.2) is 4.79 Å². The smallest absolute Gasteiger partial charge is 0.409 e. The van der Waals surface area contributed by atoms with Crippen LogP contribution < -0.4 is 0 Å². The largest absolute Gasteiger partial charge is 0.450 e. The molecule has 2 saturated heterocycles.